The molecule has 0 bridgehead atoms. The van der Waals surface area contributed by atoms with E-state index in [-0.39, 0.29) is 5.91 Å². The van der Waals surface area contributed by atoms with Crippen LogP contribution in [-0.4, -0.2) is 36.3 Å². The van der Waals surface area contributed by atoms with Crippen LogP contribution >= 0.6 is 0 Å². The lowest BCUT2D eigenvalue weighted by Crippen LogP contribution is -2.34. The molecule has 0 saturated carbocycles. The van der Waals surface area contributed by atoms with Gasteiger partial charge in [-0.1, -0.05) is 0 Å². The fourth-order valence-corrected chi connectivity index (χ4v) is 1.46. The Morgan fingerprint density at radius 1 is 1.57 bits per heavy atom. The predicted molar refractivity (Wildman–Crippen MR) is 52.9 cm³/mol. The minimum absolute atomic E-state index is 0.0610. The molecule has 1 saturated heterocycles. The highest BCUT2D eigenvalue weighted by atomic mass is 16.2. The molecule has 0 aliphatic carbocycles. The van der Waals surface area contributed by atoms with E-state index < -0.39 is 0 Å². The second-order valence-corrected chi connectivity index (χ2v) is 3.59. The van der Waals surface area contributed by atoms with Gasteiger partial charge in [0.05, 0.1) is 0 Å². The lowest BCUT2D eigenvalue weighted by atomic mass is 10.1. The molecule has 0 N–H and O–H groups in total. The summed E-state index contributed by atoms with van der Waals surface area (Å²) in [7, 11) is 3.68. The van der Waals surface area contributed by atoms with Gasteiger partial charge in [-0.3, -0.25) is 4.79 Å². The van der Waals surface area contributed by atoms with Crippen LogP contribution < -0.4 is 0 Å². The van der Waals surface area contributed by atoms with E-state index in [2.05, 4.69) is 6.07 Å². The van der Waals surface area contributed by atoms with Gasteiger partial charge < -0.3 is 9.80 Å². The minimum atomic E-state index is 0.0610. The average molecular weight is 193 g/mol. The summed E-state index contributed by atoms with van der Waals surface area (Å²) in [6, 6.07) is 2.06. The first-order chi connectivity index (χ1) is 6.65. The molecule has 0 aromatic rings. The van der Waals surface area contributed by atoms with Gasteiger partial charge in [0.2, 0.25) is 5.91 Å². The van der Waals surface area contributed by atoms with Gasteiger partial charge in [0, 0.05) is 33.3 Å². The molecule has 4 heteroatoms. The molecule has 1 rings (SSSR count). The van der Waals surface area contributed by atoms with Gasteiger partial charge in [-0.05, 0) is 12.8 Å². The number of carbonyl (C=O) groups excluding carboxylic acids is 1. The molecule has 1 aliphatic heterocycles. The predicted octanol–water partition coefficient (Wildman–Crippen LogP) is 0.925. The maximum atomic E-state index is 11.5. The molecule has 1 heterocycles. The van der Waals surface area contributed by atoms with Crippen molar-refractivity contribution in [3.05, 3.63) is 11.9 Å². The molecule has 4 nitrogen and oxygen atoms in total. The SMILES string of the molecule is CN(C)C=C(C#N)N1CCCCC1=O. The van der Waals surface area contributed by atoms with E-state index in [4.69, 9.17) is 5.26 Å². The van der Waals surface area contributed by atoms with Crippen molar-refractivity contribution < 1.29 is 4.79 Å². The number of hydrogen-bond donors (Lipinski definition) is 0. The Labute approximate surface area is 84.4 Å². The van der Waals surface area contributed by atoms with Crippen LogP contribution in [0.25, 0.3) is 0 Å². The summed E-state index contributed by atoms with van der Waals surface area (Å²) < 4.78 is 0. The molecule has 1 amide bonds. The van der Waals surface area contributed by atoms with Crippen molar-refractivity contribution in [2.24, 2.45) is 0 Å². The summed E-state index contributed by atoms with van der Waals surface area (Å²) in [5, 5.41) is 8.91. The van der Waals surface area contributed by atoms with E-state index in [0.29, 0.717) is 18.7 Å². The molecule has 76 valence electrons. The van der Waals surface area contributed by atoms with Gasteiger partial charge in [0.25, 0.3) is 0 Å². The summed E-state index contributed by atoms with van der Waals surface area (Å²) in [4.78, 5) is 14.8. The van der Waals surface area contributed by atoms with Crippen molar-refractivity contribution >= 4 is 5.91 Å². The smallest absolute Gasteiger partial charge is 0.227 e. The largest absolute Gasteiger partial charge is 0.381 e. The third kappa shape index (κ3) is 2.49. The molecule has 0 radical (unpaired) electrons. The molecule has 1 fully saturated rings. The lowest BCUT2D eigenvalue weighted by molar-refractivity contribution is -0.130. The number of nitrogens with zero attached hydrogens (tertiary/aromatic N) is 3. The van der Waals surface area contributed by atoms with E-state index in [9.17, 15) is 4.79 Å². The Morgan fingerprint density at radius 2 is 2.29 bits per heavy atom. The first-order valence-corrected chi connectivity index (χ1v) is 4.74. The standard InChI is InChI=1S/C10H15N3O/c1-12(2)8-9(7-11)13-6-4-3-5-10(13)14/h8H,3-6H2,1-2H3. The van der Waals surface area contributed by atoms with Crippen molar-refractivity contribution in [3.8, 4) is 6.07 Å². The van der Waals surface area contributed by atoms with E-state index in [0.717, 1.165) is 12.8 Å². The summed E-state index contributed by atoms with van der Waals surface area (Å²) in [5.41, 5.74) is 0.444. The number of nitriles is 1. The Balaban J connectivity index is 2.79. The quantitative estimate of drug-likeness (QED) is 0.613. The zero-order chi connectivity index (χ0) is 10.6. The van der Waals surface area contributed by atoms with Crippen LogP contribution in [0.3, 0.4) is 0 Å². The number of likely N-dealkylation sites (tertiary alicyclic amines) is 1. The van der Waals surface area contributed by atoms with Gasteiger partial charge in [-0.2, -0.15) is 5.26 Å². The van der Waals surface area contributed by atoms with Crippen LogP contribution in [0, 0.1) is 11.3 Å². The van der Waals surface area contributed by atoms with Crippen molar-refractivity contribution in [3.63, 3.8) is 0 Å². The lowest BCUT2D eigenvalue weighted by Gasteiger charge is -2.26. The number of hydrogen-bond acceptors (Lipinski definition) is 3. The van der Waals surface area contributed by atoms with Crippen LogP contribution in [0.5, 0.6) is 0 Å². The maximum absolute atomic E-state index is 11.5. The molecule has 0 spiro atoms. The molecule has 0 atom stereocenters. The fraction of sp³-hybridized carbons (Fsp3) is 0.600. The highest BCUT2D eigenvalue weighted by Crippen LogP contribution is 2.15. The monoisotopic (exact) mass is 193 g/mol. The molecular weight excluding hydrogens is 178 g/mol. The highest BCUT2D eigenvalue weighted by Gasteiger charge is 2.21. The number of rotatable bonds is 2. The second-order valence-electron chi connectivity index (χ2n) is 3.59. The van der Waals surface area contributed by atoms with Crippen molar-refractivity contribution in [1.29, 1.82) is 5.26 Å². The van der Waals surface area contributed by atoms with Crippen LogP contribution in [0.1, 0.15) is 19.3 Å². The topological polar surface area (TPSA) is 47.3 Å². The Morgan fingerprint density at radius 3 is 2.79 bits per heavy atom. The fourth-order valence-electron chi connectivity index (χ4n) is 1.46. The van der Waals surface area contributed by atoms with Crippen molar-refractivity contribution in [1.82, 2.24) is 9.80 Å². The second kappa shape index (κ2) is 4.66. The molecule has 0 aromatic heterocycles. The number of allylic oxidation sites excluding steroid dienone is 1. The minimum Gasteiger partial charge on any atom is -0.381 e. The van der Waals surface area contributed by atoms with Gasteiger partial charge in [-0.15, -0.1) is 0 Å². The van der Waals surface area contributed by atoms with E-state index >= 15 is 0 Å². The summed E-state index contributed by atoms with van der Waals surface area (Å²) >= 11 is 0. The van der Waals surface area contributed by atoms with Crippen LogP contribution in [0.15, 0.2) is 11.9 Å². The third-order valence-corrected chi connectivity index (χ3v) is 2.11. The Kier molecular flexibility index (Phi) is 3.52. The number of piperidine rings is 1. The van der Waals surface area contributed by atoms with E-state index in [1.54, 1.807) is 16.0 Å². The van der Waals surface area contributed by atoms with Crippen LogP contribution in [0.4, 0.5) is 0 Å². The molecule has 14 heavy (non-hydrogen) atoms. The first kappa shape index (κ1) is 10.6. The normalized spacial score (nSPS) is 17.9. The Bertz CT molecular complexity index is 288. The summed E-state index contributed by atoms with van der Waals surface area (Å²) in [6.45, 7) is 0.673. The molecule has 0 unspecified atom stereocenters. The van der Waals surface area contributed by atoms with Crippen molar-refractivity contribution in [2.75, 3.05) is 20.6 Å². The first-order valence-electron chi connectivity index (χ1n) is 4.74. The highest BCUT2D eigenvalue weighted by molar-refractivity contribution is 5.79. The van der Waals surface area contributed by atoms with Gasteiger partial charge >= 0.3 is 0 Å². The molecule has 0 aromatic carbocycles. The van der Waals surface area contributed by atoms with Crippen LogP contribution in [-0.2, 0) is 4.79 Å². The van der Waals surface area contributed by atoms with Gasteiger partial charge in [0.15, 0.2) is 0 Å². The average Bonchev–Trinajstić information content (AvgIpc) is 2.15. The van der Waals surface area contributed by atoms with Crippen LogP contribution in [0.2, 0.25) is 0 Å². The van der Waals surface area contributed by atoms with E-state index in [1.165, 1.54) is 0 Å². The maximum Gasteiger partial charge on any atom is 0.227 e. The molecule has 1 aliphatic rings. The zero-order valence-electron chi connectivity index (χ0n) is 8.66. The number of carbonyl (C=O) groups is 1. The van der Waals surface area contributed by atoms with Crippen molar-refractivity contribution in [2.45, 2.75) is 19.3 Å². The van der Waals surface area contributed by atoms with Gasteiger partial charge in [-0.25, -0.2) is 0 Å². The summed E-state index contributed by atoms with van der Waals surface area (Å²) in [5.74, 6) is 0.0610. The third-order valence-electron chi connectivity index (χ3n) is 2.11. The summed E-state index contributed by atoms with van der Waals surface area (Å²) in [6.07, 6.45) is 4.17. The molecular formula is C10H15N3O. The number of amides is 1. The Hall–Kier alpha value is -1.50. The van der Waals surface area contributed by atoms with E-state index in [1.807, 2.05) is 14.1 Å². The van der Waals surface area contributed by atoms with Gasteiger partial charge in [0.1, 0.15) is 11.8 Å². The zero-order valence-corrected chi connectivity index (χ0v) is 8.66.